The van der Waals surface area contributed by atoms with Gasteiger partial charge in [-0.2, -0.15) is 0 Å². The molecule has 196 valence electrons. The minimum Gasteiger partial charge on any atom is -0.495 e. The third-order valence-electron chi connectivity index (χ3n) is 8.40. The van der Waals surface area contributed by atoms with Crippen LogP contribution in [0.2, 0.25) is 5.02 Å². The van der Waals surface area contributed by atoms with E-state index >= 15 is 0 Å². The summed E-state index contributed by atoms with van der Waals surface area (Å²) in [5, 5.41) is 4.57. The van der Waals surface area contributed by atoms with E-state index in [1.54, 1.807) is 34.9 Å². The first-order valence-electron chi connectivity index (χ1n) is 12.9. The average Bonchev–Trinajstić information content (AvgIpc) is 3.52. The second-order valence-electron chi connectivity index (χ2n) is 10.7. The van der Waals surface area contributed by atoms with Gasteiger partial charge in [0, 0.05) is 16.6 Å². The molecule has 1 N–H and O–H groups in total. The van der Waals surface area contributed by atoms with Crippen LogP contribution in [0.5, 0.6) is 5.75 Å². The first-order chi connectivity index (χ1) is 18.8. The molecule has 4 atom stereocenters. The summed E-state index contributed by atoms with van der Waals surface area (Å²) in [6.45, 7) is 4.05. The highest BCUT2D eigenvalue weighted by Crippen LogP contribution is 2.57. The van der Waals surface area contributed by atoms with Crippen molar-refractivity contribution in [1.82, 2.24) is 14.9 Å². The molecule has 0 unspecified atom stereocenters. The lowest BCUT2D eigenvalue weighted by atomic mass is 9.75. The minimum atomic E-state index is -1.19. The lowest BCUT2D eigenvalue weighted by Crippen LogP contribution is -2.51. The standard InChI is InChI=1S/C30H25ClN4O4/c1-15(2)25-23-24(28(38)34(27(23)37)21-14-16(31)12-13-22(21)39-3)30(33-25)18-9-5-7-11-20(18)35-26(36)17-8-4-6-10-19(17)32-29(30)35/h4-15,23-25,33H,1-3H3/t23-,24+,25-,30+/m0/s1. The molecular formula is C30H25ClN4O4. The second-order valence-corrected chi connectivity index (χ2v) is 11.1. The van der Waals surface area contributed by atoms with Crippen molar-refractivity contribution < 1.29 is 14.3 Å². The molecule has 3 aromatic carbocycles. The number of hydrogen-bond donors (Lipinski definition) is 1. The van der Waals surface area contributed by atoms with Gasteiger partial charge in [0.15, 0.2) is 0 Å². The number of fused-ring (bicyclic) bond motifs is 8. The summed E-state index contributed by atoms with van der Waals surface area (Å²) < 4.78 is 7.12. The van der Waals surface area contributed by atoms with Crippen molar-refractivity contribution in [2.45, 2.75) is 25.4 Å². The molecule has 0 bridgehead atoms. The van der Waals surface area contributed by atoms with Gasteiger partial charge in [-0.3, -0.25) is 24.3 Å². The molecule has 2 saturated heterocycles. The Morgan fingerprint density at radius 2 is 1.72 bits per heavy atom. The maximum absolute atomic E-state index is 14.5. The van der Waals surface area contributed by atoms with Crippen LogP contribution in [0.4, 0.5) is 5.69 Å². The van der Waals surface area contributed by atoms with Gasteiger partial charge < -0.3 is 4.74 Å². The van der Waals surface area contributed by atoms with Crippen molar-refractivity contribution in [3.8, 4) is 11.4 Å². The number of amides is 2. The van der Waals surface area contributed by atoms with Crippen molar-refractivity contribution in [2.75, 3.05) is 12.0 Å². The second kappa shape index (κ2) is 8.24. The number of hydrogen-bond acceptors (Lipinski definition) is 6. The predicted molar refractivity (Wildman–Crippen MR) is 147 cm³/mol. The van der Waals surface area contributed by atoms with Gasteiger partial charge in [-0.05, 0) is 42.3 Å². The molecule has 1 spiro atoms. The van der Waals surface area contributed by atoms with Crippen LogP contribution in [-0.4, -0.2) is 34.5 Å². The summed E-state index contributed by atoms with van der Waals surface area (Å²) in [5.41, 5.74) is 0.859. The van der Waals surface area contributed by atoms with E-state index in [4.69, 9.17) is 21.3 Å². The molecule has 4 heterocycles. The molecule has 0 saturated carbocycles. The SMILES string of the molecule is COc1ccc(Cl)cc1N1C(=O)[C@@H]2[C@H](C(C)C)N[C@]3(c4ccccc4-n4c3nc3ccccc3c4=O)[C@H]2C1=O. The van der Waals surface area contributed by atoms with Crippen LogP contribution >= 0.6 is 11.6 Å². The molecule has 0 radical (unpaired) electrons. The molecule has 39 heavy (non-hydrogen) atoms. The van der Waals surface area contributed by atoms with Gasteiger partial charge in [-0.25, -0.2) is 9.88 Å². The van der Waals surface area contributed by atoms with Gasteiger partial charge in [-0.1, -0.05) is 55.8 Å². The number of benzene rings is 3. The predicted octanol–water partition coefficient (Wildman–Crippen LogP) is 4.04. The third-order valence-corrected chi connectivity index (χ3v) is 8.63. The number of imide groups is 1. The highest BCUT2D eigenvalue weighted by atomic mass is 35.5. The molecule has 3 aliphatic rings. The van der Waals surface area contributed by atoms with Crippen LogP contribution < -0.4 is 20.5 Å². The van der Waals surface area contributed by atoms with Gasteiger partial charge in [0.05, 0.1) is 41.2 Å². The van der Waals surface area contributed by atoms with E-state index < -0.39 is 17.4 Å². The number of ether oxygens (including phenoxy) is 1. The number of aromatic nitrogens is 2. The van der Waals surface area contributed by atoms with Gasteiger partial charge in [0.1, 0.15) is 17.1 Å². The Kier molecular flexibility index (Phi) is 5.09. The number of anilines is 1. The highest BCUT2D eigenvalue weighted by molar-refractivity contribution is 6.31. The number of carbonyl (C=O) groups excluding carboxylic acids is 2. The van der Waals surface area contributed by atoms with Gasteiger partial charge >= 0.3 is 0 Å². The summed E-state index contributed by atoms with van der Waals surface area (Å²) in [4.78, 5) is 48.8. The fourth-order valence-electron chi connectivity index (χ4n) is 6.80. The molecule has 3 aliphatic heterocycles. The summed E-state index contributed by atoms with van der Waals surface area (Å²) in [6.07, 6.45) is 0. The molecule has 0 aliphatic carbocycles. The Hall–Kier alpha value is -4.01. The molecule has 2 fully saturated rings. The smallest absolute Gasteiger partial charge is 0.266 e. The first-order valence-corrected chi connectivity index (χ1v) is 13.3. The van der Waals surface area contributed by atoms with Crippen LogP contribution in [0, 0.1) is 17.8 Å². The fourth-order valence-corrected chi connectivity index (χ4v) is 6.97. The molecule has 2 amide bonds. The van der Waals surface area contributed by atoms with Crippen molar-refractivity contribution in [2.24, 2.45) is 17.8 Å². The largest absolute Gasteiger partial charge is 0.495 e. The number of carbonyl (C=O) groups is 2. The van der Waals surface area contributed by atoms with E-state index in [1.165, 1.54) is 12.0 Å². The van der Waals surface area contributed by atoms with Gasteiger partial charge in [0.25, 0.3) is 5.56 Å². The van der Waals surface area contributed by atoms with E-state index in [0.29, 0.717) is 38.9 Å². The molecule has 8 nitrogen and oxygen atoms in total. The summed E-state index contributed by atoms with van der Waals surface area (Å²) in [6, 6.07) is 19.2. The van der Waals surface area contributed by atoms with Crippen LogP contribution in [-0.2, 0) is 15.1 Å². The Morgan fingerprint density at radius 3 is 2.49 bits per heavy atom. The van der Waals surface area contributed by atoms with Crippen LogP contribution in [0.25, 0.3) is 16.6 Å². The maximum Gasteiger partial charge on any atom is 0.266 e. The Labute approximate surface area is 229 Å². The quantitative estimate of drug-likeness (QED) is 0.394. The number of para-hydroxylation sites is 2. The minimum absolute atomic E-state index is 0.00298. The monoisotopic (exact) mass is 540 g/mol. The van der Waals surface area contributed by atoms with Crippen LogP contribution in [0.3, 0.4) is 0 Å². The maximum atomic E-state index is 14.5. The summed E-state index contributed by atoms with van der Waals surface area (Å²) in [7, 11) is 1.49. The number of rotatable bonds is 3. The zero-order valence-corrected chi connectivity index (χ0v) is 22.3. The summed E-state index contributed by atoms with van der Waals surface area (Å²) in [5.74, 6) is -1.45. The van der Waals surface area contributed by atoms with E-state index in [2.05, 4.69) is 5.32 Å². The molecule has 9 heteroatoms. The topological polar surface area (TPSA) is 93.5 Å². The molecule has 1 aromatic heterocycles. The molecular weight excluding hydrogens is 516 g/mol. The average molecular weight is 541 g/mol. The number of halogens is 1. The van der Waals surface area contributed by atoms with Crippen molar-refractivity contribution >= 4 is 40.0 Å². The van der Waals surface area contributed by atoms with Crippen molar-refractivity contribution in [1.29, 1.82) is 0 Å². The normalized spacial score (nSPS) is 25.1. The van der Waals surface area contributed by atoms with E-state index in [0.717, 1.165) is 5.56 Å². The van der Waals surface area contributed by atoms with Crippen molar-refractivity contribution in [3.05, 3.63) is 93.5 Å². The lowest BCUT2D eigenvalue weighted by molar-refractivity contribution is -0.123. The Morgan fingerprint density at radius 1 is 0.974 bits per heavy atom. The summed E-state index contributed by atoms with van der Waals surface area (Å²) >= 11 is 6.31. The highest BCUT2D eigenvalue weighted by Gasteiger charge is 2.70. The Balaban J connectivity index is 1.53. The number of methoxy groups -OCH3 is 1. The zero-order chi connectivity index (χ0) is 27.2. The van der Waals surface area contributed by atoms with Gasteiger partial charge in [0.2, 0.25) is 11.8 Å². The molecule has 4 aromatic rings. The van der Waals surface area contributed by atoms with Crippen LogP contribution in [0.1, 0.15) is 25.2 Å². The first kappa shape index (κ1) is 24.1. The Bertz CT molecular complexity index is 1780. The van der Waals surface area contributed by atoms with Gasteiger partial charge in [-0.15, -0.1) is 0 Å². The number of nitrogens with zero attached hydrogens (tertiary/aromatic N) is 3. The number of nitrogens with one attached hydrogen (secondary N) is 1. The third kappa shape index (κ3) is 2.98. The fraction of sp³-hybridized carbons (Fsp3) is 0.267. The van der Waals surface area contributed by atoms with E-state index in [-0.39, 0.29) is 29.3 Å². The lowest BCUT2D eigenvalue weighted by Gasteiger charge is -2.32. The zero-order valence-electron chi connectivity index (χ0n) is 21.5. The van der Waals surface area contributed by atoms with Crippen LogP contribution in [0.15, 0.2) is 71.5 Å². The van der Waals surface area contributed by atoms with Crippen molar-refractivity contribution in [3.63, 3.8) is 0 Å². The van der Waals surface area contributed by atoms with E-state index in [9.17, 15) is 14.4 Å². The molecule has 7 rings (SSSR count). The van der Waals surface area contributed by atoms with E-state index in [1.807, 2.05) is 50.2 Å².